The second-order valence-corrected chi connectivity index (χ2v) is 9.29. The number of carbonyl (C=O) groups is 2. The molecule has 0 saturated carbocycles. The van der Waals surface area contributed by atoms with Gasteiger partial charge in [-0.2, -0.15) is 0 Å². The zero-order valence-electron chi connectivity index (χ0n) is 19.1. The first-order valence-corrected chi connectivity index (χ1v) is 11.8. The maximum Gasteiger partial charge on any atom is 0.257 e. The van der Waals surface area contributed by atoms with Crippen molar-refractivity contribution in [3.63, 3.8) is 0 Å². The Bertz CT molecular complexity index is 1010. The first kappa shape index (κ1) is 20.9. The molecule has 3 heterocycles. The highest BCUT2D eigenvalue weighted by Crippen LogP contribution is 2.34. The molecule has 0 N–H and O–H groups in total. The molecular weight excluding hydrogens is 400 g/mol. The van der Waals surface area contributed by atoms with Gasteiger partial charge in [0.05, 0.1) is 11.3 Å². The fourth-order valence-electron chi connectivity index (χ4n) is 5.29. The van der Waals surface area contributed by atoms with Crippen molar-refractivity contribution in [2.24, 2.45) is 0 Å². The quantitative estimate of drug-likeness (QED) is 0.725. The molecule has 2 amide bonds. The third-order valence-corrected chi connectivity index (χ3v) is 7.25. The number of piperazine rings is 1. The summed E-state index contributed by atoms with van der Waals surface area (Å²) in [5.41, 5.74) is 4.75. The molecule has 0 radical (unpaired) electrons. The highest BCUT2D eigenvalue weighted by molar-refractivity contribution is 6.04. The second-order valence-electron chi connectivity index (χ2n) is 9.29. The van der Waals surface area contributed by atoms with Crippen molar-refractivity contribution in [2.45, 2.75) is 38.8 Å². The molecule has 3 aliphatic rings. The van der Waals surface area contributed by atoms with Crippen molar-refractivity contribution < 1.29 is 9.59 Å². The van der Waals surface area contributed by atoms with Crippen LogP contribution in [0, 0.1) is 6.92 Å². The summed E-state index contributed by atoms with van der Waals surface area (Å²) >= 11 is 0. The molecule has 168 valence electrons. The normalized spacial score (nSPS) is 21.2. The lowest BCUT2D eigenvalue weighted by atomic mass is 10.0. The molecule has 2 fully saturated rings. The van der Waals surface area contributed by atoms with Crippen LogP contribution in [-0.2, 0) is 0 Å². The van der Waals surface area contributed by atoms with Gasteiger partial charge in [0.2, 0.25) is 0 Å². The molecule has 0 unspecified atom stereocenters. The molecule has 5 rings (SSSR count). The van der Waals surface area contributed by atoms with Crippen LogP contribution in [0.3, 0.4) is 0 Å². The Morgan fingerprint density at radius 1 is 0.906 bits per heavy atom. The number of hydrogen-bond donors (Lipinski definition) is 0. The van der Waals surface area contributed by atoms with Crippen LogP contribution in [0.5, 0.6) is 0 Å². The third kappa shape index (κ3) is 3.72. The van der Waals surface area contributed by atoms with E-state index in [0.717, 1.165) is 44.6 Å². The Balaban J connectivity index is 1.31. The lowest BCUT2D eigenvalue weighted by Gasteiger charge is -2.43. The molecule has 6 nitrogen and oxygen atoms in total. The summed E-state index contributed by atoms with van der Waals surface area (Å²) in [7, 11) is 2.06. The zero-order valence-corrected chi connectivity index (χ0v) is 19.1. The van der Waals surface area contributed by atoms with E-state index in [0.29, 0.717) is 24.2 Å². The van der Waals surface area contributed by atoms with Crippen LogP contribution in [0.25, 0.3) is 0 Å². The Morgan fingerprint density at radius 3 is 2.41 bits per heavy atom. The van der Waals surface area contributed by atoms with Gasteiger partial charge in [-0.15, -0.1) is 0 Å². The second kappa shape index (κ2) is 8.49. The molecule has 1 atom stereocenters. The van der Waals surface area contributed by atoms with Crippen LogP contribution in [-0.4, -0.2) is 67.6 Å². The smallest absolute Gasteiger partial charge is 0.257 e. The molecule has 2 saturated heterocycles. The molecule has 2 aromatic rings. The van der Waals surface area contributed by atoms with E-state index in [1.54, 1.807) is 0 Å². The van der Waals surface area contributed by atoms with Crippen LogP contribution >= 0.6 is 0 Å². The van der Waals surface area contributed by atoms with Gasteiger partial charge in [0.15, 0.2) is 0 Å². The van der Waals surface area contributed by atoms with Gasteiger partial charge in [0.1, 0.15) is 6.17 Å². The van der Waals surface area contributed by atoms with Crippen molar-refractivity contribution in [3.05, 3.63) is 59.2 Å². The Labute approximate surface area is 190 Å². The van der Waals surface area contributed by atoms with Gasteiger partial charge in [-0.05, 0) is 56.5 Å². The van der Waals surface area contributed by atoms with Crippen molar-refractivity contribution in [3.8, 4) is 0 Å². The molecule has 32 heavy (non-hydrogen) atoms. The number of benzene rings is 2. The van der Waals surface area contributed by atoms with Crippen LogP contribution in [0.1, 0.15) is 52.0 Å². The van der Waals surface area contributed by atoms with E-state index in [9.17, 15) is 9.59 Å². The van der Waals surface area contributed by atoms with Gasteiger partial charge in [0, 0.05) is 51.0 Å². The number of nitrogens with zero attached hydrogens (tertiary/aromatic N) is 4. The number of aryl methyl sites for hydroxylation is 1. The molecular formula is C26H32N4O2. The van der Waals surface area contributed by atoms with Gasteiger partial charge >= 0.3 is 0 Å². The number of carbonyl (C=O) groups excluding carboxylic acids is 2. The lowest BCUT2D eigenvalue weighted by Crippen LogP contribution is -2.53. The standard InChI is InChI=1S/C26H32N4O2/c1-19-7-10-21(11-8-19)28-14-16-29(17-15-28)25(31)20-9-12-22-23(18-20)27(2)24-6-4-3-5-13-30(24)26(22)32/h7-12,18,24H,3-6,13-17H2,1-2H3/t24-/m1/s1. The van der Waals surface area contributed by atoms with Crippen molar-refractivity contribution in [1.29, 1.82) is 0 Å². The molecule has 0 spiro atoms. The molecule has 3 aliphatic heterocycles. The predicted octanol–water partition coefficient (Wildman–Crippen LogP) is 3.75. The molecule has 6 heteroatoms. The van der Waals surface area contributed by atoms with Gasteiger partial charge < -0.3 is 19.6 Å². The van der Waals surface area contributed by atoms with Crippen molar-refractivity contribution in [2.75, 3.05) is 49.6 Å². The topological polar surface area (TPSA) is 47.1 Å². The monoisotopic (exact) mass is 432 g/mol. The van der Waals surface area contributed by atoms with Crippen LogP contribution in [0.2, 0.25) is 0 Å². The largest absolute Gasteiger partial charge is 0.368 e. The van der Waals surface area contributed by atoms with Gasteiger partial charge in [-0.3, -0.25) is 9.59 Å². The first-order chi connectivity index (χ1) is 15.5. The maximum atomic E-state index is 13.3. The summed E-state index contributed by atoms with van der Waals surface area (Å²) in [6.07, 6.45) is 4.46. The highest BCUT2D eigenvalue weighted by atomic mass is 16.2. The summed E-state index contributed by atoms with van der Waals surface area (Å²) in [5, 5.41) is 0. The average Bonchev–Trinajstić information content (AvgIpc) is 3.09. The Kier molecular flexibility index (Phi) is 5.53. The van der Waals surface area contributed by atoms with Crippen molar-refractivity contribution in [1.82, 2.24) is 9.80 Å². The third-order valence-electron chi connectivity index (χ3n) is 7.25. The van der Waals surface area contributed by atoms with Gasteiger partial charge in [-0.1, -0.05) is 24.1 Å². The SMILES string of the molecule is Cc1ccc(N2CCN(C(=O)c3ccc4c(c3)N(C)[C@H]3CCCCCN3C4=O)CC2)cc1. The van der Waals surface area contributed by atoms with Crippen LogP contribution in [0.15, 0.2) is 42.5 Å². The summed E-state index contributed by atoms with van der Waals surface area (Å²) in [6.45, 7) is 5.98. The van der Waals surface area contributed by atoms with Crippen LogP contribution in [0.4, 0.5) is 11.4 Å². The number of anilines is 2. The predicted molar refractivity (Wildman–Crippen MR) is 127 cm³/mol. The zero-order chi connectivity index (χ0) is 22.2. The fourth-order valence-corrected chi connectivity index (χ4v) is 5.29. The number of amides is 2. The van der Waals surface area contributed by atoms with Crippen molar-refractivity contribution >= 4 is 23.2 Å². The fraction of sp³-hybridized carbons (Fsp3) is 0.462. The van der Waals surface area contributed by atoms with E-state index in [1.165, 1.54) is 17.7 Å². The van der Waals surface area contributed by atoms with Gasteiger partial charge in [0.25, 0.3) is 11.8 Å². The lowest BCUT2D eigenvalue weighted by molar-refractivity contribution is 0.0659. The Hall–Kier alpha value is -3.02. The summed E-state index contributed by atoms with van der Waals surface area (Å²) in [4.78, 5) is 34.9. The number of rotatable bonds is 2. The molecule has 0 aromatic heterocycles. The first-order valence-electron chi connectivity index (χ1n) is 11.8. The minimum absolute atomic E-state index is 0.0560. The van der Waals surface area contributed by atoms with E-state index >= 15 is 0 Å². The number of hydrogen-bond acceptors (Lipinski definition) is 4. The van der Waals surface area contributed by atoms with E-state index in [1.807, 2.05) is 28.0 Å². The summed E-state index contributed by atoms with van der Waals surface area (Å²) < 4.78 is 0. The summed E-state index contributed by atoms with van der Waals surface area (Å²) in [6, 6.07) is 14.2. The molecule has 0 aliphatic carbocycles. The highest BCUT2D eigenvalue weighted by Gasteiger charge is 2.36. The number of fused-ring (bicyclic) bond motifs is 2. The Morgan fingerprint density at radius 2 is 1.66 bits per heavy atom. The van der Waals surface area contributed by atoms with E-state index in [4.69, 9.17) is 0 Å². The van der Waals surface area contributed by atoms with E-state index < -0.39 is 0 Å². The van der Waals surface area contributed by atoms with E-state index in [-0.39, 0.29) is 18.0 Å². The minimum atomic E-state index is 0.0560. The van der Waals surface area contributed by atoms with Crippen LogP contribution < -0.4 is 9.80 Å². The van der Waals surface area contributed by atoms with Gasteiger partial charge in [-0.25, -0.2) is 0 Å². The minimum Gasteiger partial charge on any atom is -0.368 e. The summed E-state index contributed by atoms with van der Waals surface area (Å²) in [5.74, 6) is 0.163. The molecule has 0 bridgehead atoms. The molecule has 2 aromatic carbocycles. The van der Waals surface area contributed by atoms with E-state index in [2.05, 4.69) is 48.0 Å². The average molecular weight is 433 g/mol. The maximum absolute atomic E-state index is 13.3.